The third-order valence-corrected chi connectivity index (χ3v) is 6.74. The van der Waals surface area contributed by atoms with Gasteiger partial charge in [0.1, 0.15) is 17.7 Å². The van der Waals surface area contributed by atoms with Gasteiger partial charge in [0.2, 0.25) is 5.91 Å². The van der Waals surface area contributed by atoms with Gasteiger partial charge in [0.05, 0.1) is 30.0 Å². The molecule has 0 unspecified atom stereocenters. The fourth-order valence-electron chi connectivity index (χ4n) is 4.72. The number of rotatable bonds is 9. The molecule has 9 nitrogen and oxygen atoms in total. The summed E-state index contributed by atoms with van der Waals surface area (Å²) in [7, 11) is 0. The predicted octanol–water partition coefficient (Wildman–Crippen LogP) is 4.20. The molecule has 9 heteroatoms. The fourth-order valence-corrected chi connectivity index (χ4v) is 4.72. The number of nitrogens with one attached hydrogen (secondary N) is 4. The minimum atomic E-state index is 0.0379. The van der Waals surface area contributed by atoms with Crippen molar-refractivity contribution in [3.63, 3.8) is 0 Å². The summed E-state index contributed by atoms with van der Waals surface area (Å²) in [6.07, 6.45) is 14.8. The molecule has 180 valence electrons. The number of carbonyl (C=O) groups is 1. The molecule has 0 spiro atoms. The van der Waals surface area contributed by atoms with Crippen LogP contribution in [0.3, 0.4) is 0 Å². The Bertz CT molecular complexity index is 975. The van der Waals surface area contributed by atoms with Gasteiger partial charge in [-0.05, 0) is 44.2 Å². The quantitative estimate of drug-likeness (QED) is 0.437. The van der Waals surface area contributed by atoms with Crippen LogP contribution in [-0.4, -0.2) is 40.5 Å². The summed E-state index contributed by atoms with van der Waals surface area (Å²) >= 11 is 0. The van der Waals surface area contributed by atoms with Crippen LogP contribution in [-0.2, 0) is 4.79 Å². The molecule has 2 fully saturated rings. The molecule has 34 heavy (non-hydrogen) atoms. The number of nitrogens with zero attached hydrogens (tertiary/aromatic N) is 4. The van der Waals surface area contributed by atoms with Crippen LogP contribution in [0, 0.1) is 23.2 Å². The first-order valence-corrected chi connectivity index (χ1v) is 12.4. The molecular formula is C25H34N8O. The van der Waals surface area contributed by atoms with Gasteiger partial charge in [-0.2, -0.15) is 5.26 Å². The van der Waals surface area contributed by atoms with E-state index in [2.05, 4.69) is 36.2 Å². The van der Waals surface area contributed by atoms with Crippen LogP contribution in [0.5, 0.6) is 0 Å². The highest BCUT2D eigenvalue weighted by Crippen LogP contribution is 2.29. The number of carbonyl (C=O) groups excluding carboxylic acids is 1. The number of nitriles is 1. The molecule has 0 atom stereocenters. The van der Waals surface area contributed by atoms with Gasteiger partial charge in [0, 0.05) is 19.0 Å². The summed E-state index contributed by atoms with van der Waals surface area (Å²) in [5, 5.41) is 22.0. The van der Waals surface area contributed by atoms with Crippen LogP contribution in [0.2, 0.25) is 0 Å². The van der Waals surface area contributed by atoms with E-state index in [-0.39, 0.29) is 11.6 Å². The molecule has 2 aromatic heterocycles. The molecule has 4 rings (SSSR count). The van der Waals surface area contributed by atoms with E-state index in [9.17, 15) is 4.79 Å². The minimum absolute atomic E-state index is 0.0379. The number of piperidine rings is 1. The lowest BCUT2D eigenvalue weighted by atomic mass is 9.86. The van der Waals surface area contributed by atoms with Gasteiger partial charge in [0.15, 0.2) is 5.69 Å². The third kappa shape index (κ3) is 7.12. The highest BCUT2D eigenvalue weighted by atomic mass is 16.1. The van der Waals surface area contributed by atoms with Gasteiger partial charge >= 0.3 is 0 Å². The fraction of sp³-hybridized carbons (Fsp3) is 0.560. The maximum atomic E-state index is 12.7. The summed E-state index contributed by atoms with van der Waals surface area (Å²) in [4.78, 5) is 25.4. The van der Waals surface area contributed by atoms with Crippen molar-refractivity contribution >= 4 is 28.9 Å². The van der Waals surface area contributed by atoms with E-state index >= 15 is 0 Å². The Morgan fingerprint density at radius 1 is 0.971 bits per heavy atom. The number of pyridine rings is 1. The molecule has 1 aliphatic heterocycles. The van der Waals surface area contributed by atoms with Crippen molar-refractivity contribution in [1.29, 1.82) is 5.26 Å². The number of amides is 1. The zero-order valence-electron chi connectivity index (χ0n) is 19.6. The second-order valence-corrected chi connectivity index (χ2v) is 9.30. The second kappa shape index (κ2) is 12.3. The molecule has 3 heterocycles. The maximum absolute atomic E-state index is 12.7. The summed E-state index contributed by atoms with van der Waals surface area (Å²) < 4.78 is 0. The highest BCUT2D eigenvalue weighted by molar-refractivity contribution is 5.94. The average Bonchev–Trinajstić information content (AvgIpc) is 2.89. The molecule has 0 bridgehead atoms. The molecule has 1 amide bonds. The average molecular weight is 463 g/mol. The van der Waals surface area contributed by atoms with Crippen LogP contribution in [0.4, 0.5) is 23.0 Å². The van der Waals surface area contributed by atoms with Crippen LogP contribution in [0.15, 0.2) is 24.7 Å². The molecule has 1 saturated carbocycles. The van der Waals surface area contributed by atoms with Gasteiger partial charge < -0.3 is 21.3 Å². The van der Waals surface area contributed by atoms with Gasteiger partial charge in [-0.25, -0.2) is 15.0 Å². The van der Waals surface area contributed by atoms with E-state index < -0.39 is 0 Å². The minimum Gasteiger partial charge on any atom is -0.383 e. The Labute approximate surface area is 201 Å². The first-order valence-electron chi connectivity index (χ1n) is 12.4. The normalized spacial score (nSPS) is 17.0. The van der Waals surface area contributed by atoms with Crippen LogP contribution in [0.25, 0.3) is 0 Å². The van der Waals surface area contributed by atoms with Crippen molar-refractivity contribution in [2.24, 2.45) is 11.8 Å². The Balaban J connectivity index is 1.42. The maximum Gasteiger partial charge on any atom is 0.224 e. The zero-order chi connectivity index (χ0) is 23.6. The van der Waals surface area contributed by atoms with Crippen LogP contribution < -0.4 is 21.3 Å². The second-order valence-electron chi connectivity index (χ2n) is 9.30. The number of anilines is 4. The van der Waals surface area contributed by atoms with Gasteiger partial charge in [-0.15, -0.1) is 0 Å². The molecular weight excluding hydrogens is 428 g/mol. The molecule has 0 aromatic carbocycles. The van der Waals surface area contributed by atoms with E-state index in [4.69, 9.17) is 5.26 Å². The summed E-state index contributed by atoms with van der Waals surface area (Å²) in [5.74, 6) is 2.39. The summed E-state index contributed by atoms with van der Waals surface area (Å²) in [6.45, 7) is 2.92. The van der Waals surface area contributed by atoms with Crippen molar-refractivity contribution in [2.75, 3.05) is 35.6 Å². The Hall–Kier alpha value is -3.25. The molecule has 2 aromatic rings. The van der Waals surface area contributed by atoms with E-state index in [1.54, 1.807) is 6.20 Å². The SMILES string of the molecule is N#Cc1cnc(Nc2cc(NCC3CCNCC3)c(NC(=O)CCC3CCCCC3)cn2)cn1. The zero-order valence-corrected chi connectivity index (χ0v) is 19.6. The molecule has 4 N–H and O–H groups in total. The molecule has 1 saturated heterocycles. The largest absolute Gasteiger partial charge is 0.383 e. The summed E-state index contributed by atoms with van der Waals surface area (Å²) in [6, 6.07) is 3.85. The number of hydrogen-bond donors (Lipinski definition) is 4. The lowest BCUT2D eigenvalue weighted by Crippen LogP contribution is -2.31. The monoisotopic (exact) mass is 462 g/mol. The van der Waals surface area contributed by atoms with Gasteiger partial charge in [0.25, 0.3) is 0 Å². The lowest BCUT2D eigenvalue weighted by Gasteiger charge is -2.24. The van der Waals surface area contributed by atoms with Crippen molar-refractivity contribution in [3.8, 4) is 6.07 Å². The first-order chi connectivity index (χ1) is 16.7. The van der Waals surface area contributed by atoms with E-state index in [1.807, 2.05) is 12.1 Å². The standard InChI is InChI=1S/C25H34N8O/c26-13-20-15-30-24(17-28-20)33-23-12-21(29-14-19-8-10-27-11-9-19)22(16-31-23)32-25(34)7-6-18-4-2-1-3-5-18/h12,15-19,27H,1-11,14H2,(H,32,34)(H2,29,30,31,33). The highest BCUT2D eigenvalue weighted by Gasteiger charge is 2.17. The Morgan fingerprint density at radius 3 is 2.50 bits per heavy atom. The van der Waals surface area contributed by atoms with Gasteiger partial charge in [-0.1, -0.05) is 32.1 Å². The summed E-state index contributed by atoms with van der Waals surface area (Å²) in [5.41, 5.74) is 1.79. The van der Waals surface area contributed by atoms with Crippen LogP contribution >= 0.6 is 0 Å². The van der Waals surface area contributed by atoms with E-state index in [0.29, 0.717) is 35.6 Å². The molecule has 2 aliphatic rings. The van der Waals surface area contributed by atoms with Crippen molar-refractivity contribution < 1.29 is 4.79 Å². The molecule has 0 radical (unpaired) electrons. The first kappa shape index (κ1) is 23.9. The number of aromatic nitrogens is 3. The smallest absolute Gasteiger partial charge is 0.224 e. The Morgan fingerprint density at radius 2 is 1.76 bits per heavy atom. The number of hydrogen-bond acceptors (Lipinski definition) is 8. The third-order valence-electron chi connectivity index (χ3n) is 6.74. The van der Waals surface area contributed by atoms with Crippen molar-refractivity contribution in [2.45, 2.75) is 57.8 Å². The van der Waals surface area contributed by atoms with Crippen molar-refractivity contribution in [3.05, 3.63) is 30.4 Å². The Kier molecular flexibility index (Phi) is 8.63. The predicted molar refractivity (Wildman–Crippen MR) is 133 cm³/mol. The van der Waals surface area contributed by atoms with Crippen LogP contribution in [0.1, 0.15) is 63.5 Å². The van der Waals surface area contributed by atoms with E-state index in [1.165, 1.54) is 44.5 Å². The van der Waals surface area contributed by atoms with E-state index in [0.717, 1.165) is 44.6 Å². The lowest BCUT2D eigenvalue weighted by molar-refractivity contribution is -0.116. The topological polar surface area (TPSA) is 128 Å². The molecule has 1 aliphatic carbocycles. The van der Waals surface area contributed by atoms with Gasteiger partial charge in [-0.3, -0.25) is 4.79 Å². The van der Waals surface area contributed by atoms with Crippen molar-refractivity contribution in [1.82, 2.24) is 20.3 Å².